The molecular weight excluding hydrogens is 344 g/mol. The van der Waals surface area contributed by atoms with E-state index < -0.39 is 0 Å². The molecule has 0 saturated heterocycles. The number of nitrogens with zero attached hydrogens (tertiary/aromatic N) is 2. The summed E-state index contributed by atoms with van der Waals surface area (Å²) in [5.41, 5.74) is 3.85. The largest absolute Gasteiger partial charge is 0.365 e. The maximum atomic E-state index is 10.8. The molecule has 2 aromatic rings. The van der Waals surface area contributed by atoms with Gasteiger partial charge in [-0.05, 0) is 43.0 Å². The highest BCUT2D eigenvalue weighted by Gasteiger charge is 2.23. The number of non-ortho nitro benzene ring substituents is 1. The van der Waals surface area contributed by atoms with E-state index in [9.17, 15) is 10.1 Å². The van der Waals surface area contributed by atoms with E-state index in [4.69, 9.17) is 0 Å². The third-order valence-electron chi connectivity index (χ3n) is 4.26. The van der Waals surface area contributed by atoms with Crippen molar-refractivity contribution in [3.05, 3.63) is 68.2 Å². The van der Waals surface area contributed by atoms with Gasteiger partial charge in [-0.3, -0.25) is 10.1 Å². The number of anilines is 1. The fourth-order valence-corrected chi connectivity index (χ4v) is 3.38. The minimum absolute atomic E-state index is 0.137. The van der Waals surface area contributed by atoms with Crippen molar-refractivity contribution in [1.29, 1.82) is 0 Å². The van der Waals surface area contributed by atoms with Gasteiger partial charge in [-0.1, -0.05) is 34.1 Å². The van der Waals surface area contributed by atoms with Crippen LogP contribution in [-0.2, 0) is 6.42 Å². The summed E-state index contributed by atoms with van der Waals surface area (Å²) < 4.78 is 1.08. The SMILES string of the molecule is CC(c1ccc([N+](=O)[O-])cc1)N1CCCc2ccc(Br)cc21. The average molecular weight is 361 g/mol. The van der Waals surface area contributed by atoms with E-state index in [1.54, 1.807) is 12.1 Å². The van der Waals surface area contributed by atoms with Crippen molar-refractivity contribution in [2.75, 3.05) is 11.4 Å². The average Bonchev–Trinajstić information content (AvgIpc) is 2.53. The lowest BCUT2D eigenvalue weighted by Gasteiger charge is -2.36. The van der Waals surface area contributed by atoms with E-state index >= 15 is 0 Å². The number of nitro benzene ring substituents is 1. The maximum absolute atomic E-state index is 10.8. The van der Waals surface area contributed by atoms with Crippen molar-refractivity contribution in [2.24, 2.45) is 0 Å². The van der Waals surface area contributed by atoms with Crippen LogP contribution in [-0.4, -0.2) is 11.5 Å². The molecule has 1 aliphatic rings. The van der Waals surface area contributed by atoms with Gasteiger partial charge in [-0.2, -0.15) is 0 Å². The van der Waals surface area contributed by atoms with Gasteiger partial charge < -0.3 is 4.90 Å². The first kappa shape index (κ1) is 15.0. The van der Waals surface area contributed by atoms with Gasteiger partial charge in [0.05, 0.1) is 11.0 Å². The van der Waals surface area contributed by atoms with Crippen LogP contribution in [0.15, 0.2) is 46.9 Å². The normalized spacial score (nSPS) is 15.3. The van der Waals surface area contributed by atoms with E-state index in [0.717, 1.165) is 29.4 Å². The van der Waals surface area contributed by atoms with Crippen LogP contribution < -0.4 is 4.90 Å². The van der Waals surface area contributed by atoms with Gasteiger partial charge in [-0.25, -0.2) is 0 Å². The molecule has 22 heavy (non-hydrogen) atoms. The highest BCUT2D eigenvalue weighted by Crippen LogP contribution is 2.36. The maximum Gasteiger partial charge on any atom is 0.269 e. The zero-order chi connectivity index (χ0) is 15.7. The number of hydrogen-bond donors (Lipinski definition) is 0. The summed E-state index contributed by atoms with van der Waals surface area (Å²) in [7, 11) is 0. The fraction of sp³-hybridized carbons (Fsp3) is 0.294. The van der Waals surface area contributed by atoms with E-state index in [2.05, 4.69) is 46.0 Å². The predicted molar refractivity (Wildman–Crippen MR) is 91.3 cm³/mol. The number of benzene rings is 2. The molecule has 1 atom stereocenters. The van der Waals surface area contributed by atoms with E-state index in [-0.39, 0.29) is 16.7 Å². The summed E-state index contributed by atoms with van der Waals surface area (Å²) >= 11 is 3.55. The molecule has 0 radical (unpaired) electrons. The first-order chi connectivity index (χ1) is 10.6. The summed E-state index contributed by atoms with van der Waals surface area (Å²) in [6, 6.07) is 13.5. The fourth-order valence-electron chi connectivity index (χ4n) is 3.03. The number of fused-ring (bicyclic) bond motifs is 1. The lowest BCUT2D eigenvalue weighted by Crippen LogP contribution is -2.32. The van der Waals surface area contributed by atoms with Crippen LogP contribution in [0, 0.1) is 10.1 Å². The Morgan fingerprint density at radius 2 is 1.95 bits per heavy atom. The Hall–Kier alpha value is -1.88. The van der Waals surface area contributed by atoms with E-state index in [0.29, 0.717) is 0 Å². The molecule has 2 aromatic carbocycles. The van der Waals surface area contributed by atoms with Crippen LogP contribution in [0.4, 0.5) is 11.4 Å². The third kappa shape index (κ3) is 2.86. The molecule has 0 saturated carbocycles. The number of aryl methyl sites for hydroxylation is 1. The van der Waals surface area contributed by atoms with E-state index in [1.165, 1.54) is 11.3 Å². The molecule has 1 heterocycles. The Balaban J connectivity index is 1.91. The van der Waals surface area contributed by atoms with Crippen LogP contribution in [0.1, 0.15) is 30.5 Å². The van der Waals surface area contributed by atoms with Crippen LogP contribution in [0.2, 0.25) is 0 Å². The Morgan fingerprint density at radius 1 is 1.23 bits per heavy atom. The molecule has 4 nitrogen and oxygen atoms in total. The minimum Gasteiger partial charge on any atom is -0.365 e. The van der Waals surface area contributed by atoms with Gasteiger partial charge in [0.1, 0.15) is 0 Å². The molecule has 1 aliphatic heterocycles. The molecular formula is C17H17BrN2O2. The molecule has 114 valence electrons. The first-order valence-corrected chi connectivity index (χ1v) is 8.15. The van der Waals surface area contributed by atoms with Crippen molar-refractivity contribution in [3.8, 4) is 0 Å². The number of nitro groups is 1. The highest BCUT2D eigenvalue weighted by molar-refractivity contribution is 9.10. The molecule has 0 spiro atoms. The number of halogens is 1. The Bertz CT molecular complexity index is 700. The molecule has 0 aromatic heterocycles. The van der Waals surface area contributed by atoms with Crippen LogP contribution in [0.5, 0.6) is 0 Å². The quantitative estimate of drug-likeness (QED) is 0.579. The smallest absolute Gasteiger partial charge is 0.269 e. The minimum atomic E-state index is -0.359. The number of rotatable bonds is 3. The zero-order valence-corrected chi connectivity index (χ0v) is 13.9. The Morgan fingerprint density at radius 3 is 2.64 bits per heavy atom. The second kappa shape index (κ2) is 6.08. The topological polar surface area (TPSA) is 46.4 Å². The highest BCUT2D eigenvalue weighted by atomic mass is 79.9. The van der Waals surface area contributed by atoms with Crippen molar-refractivity contribution in [2.45, 2.75) is 25.8 Å². The summed E-state index contributed by atoms with van der Waals surface area (Å²) in [5.74, 6) is 0. The molecule has 0 aliphatic carbocycles. The second-order valence-corrected chi connectivity index (χ2v) is 6.51. The molecule has 0 N–H and O–H groups in total. The van der Waals surface area contributed by atoms with E-state index in [1.807, 2.05) is 12.1 Å². The van der Waals surface area contributed by atoms with Crippen molar-refractivity contribution < 1.29 is 4.92 Å². The van der Waals surface area contributed by atoms with Crippen molar-refractivity contribution in [3.63, 3.8) is 0 Å². The second-order valence-electron chi connectivity index (χ2n) is 5.59. The van der Waals surface area contributed by atoms with Gasteiger partial charge in [0, 0.05) is 28.8 Å². The van der Waals surface area contributed by atoms with Crippen molar-refractivity contribution >= 4 is 27.3 Å². The van der Waals surface area contributed by atoms with Crippen LogP contribution in [0.25, 0.3) is 0 Å². The summed E-state index contributed by atoms with van der Waals surface area (Å²) in [4.78, 5) is 12.8. The third-order valence-corrected chi connectivity index (χ3v) is 4.75. The molecule has 0 bridgehead atoms. The first-order valence-electron chi connectivity index (χ1n) is 7.35. The molecule has 5 heteroatoms. The summed E-state index contributed by atoms with van der Waals surface area (Å²) in [5, 5.41) is 10.8. The molecule has 0 fully saturated rings. The zero-order valence-electron chi connectivity index (χ0n) is 12.3. The summed E-state index contributed by atoms with van der Waals surface area (Å²) in [6.07, 6.45) is 2.23. The van der Waals surface area contributed by atoms with Crippen LogP contribution >= 0.6 is 15.9 Å². The van der Waals surface area contributed by atoms with Gasteiger partial charge in [0.15, 0.2) is 0 Å². The molecule has 0 amide bonds. The van der Waals surface area contributed by atoms with Gasteiger partial charge in [-0.15, -0.1) is 0 Å². The Labute approximate surface area is 138 Å². The standard InChI is InChI=1S/C17H17BrN2O2/c1-12(13-5-8-16(9-6-13)20(21)22)19-10-2-3-14-4-7-15(18)11-17(14)19/h4-9,11-12H,2-3,10H2,1H3. The monoisotopic (exact) mass is 360 g/mol. The lowest BCUT2D eigenvalue weighted by molar-refractivity contribution is -0.384. The summed E-state index contributed by atoms with van der Waals surface area (Å²) in [6.45, 7) is 3.15. The lowest BCUT2D eigenvalue weighted by atomic mass is 9.98. The van der Waals surface area contributed by atoms with Gasteiger partial charge in [0.25, 0.3) is 5.69 Å². The number of hydrogen-bond acceptors (Lipinski definition) is 3. The predicted octanol–water partition coefficient (Wildman–Crippen LogP) is 4.87. The van der Waals surface area contributed by atoms with Gasteiger partial charge >= 0.3 is 0 Å². The molecule has 1 unspecified atom stereocenters. The Kier molecular flexibility index (Phi) is 4.16. The van der Waals surface area contributed by atoms with Gasteiger partial charge in [0.2, 0.25) is 0 Å². The van der Waals surface area contributed by atoms with Crippen LogP contribution in [0.3, 0.4) is 0 Å². The van der Waals surface area contributed by atoms with Crippen molar-refractivity contribution in [1.82, 2.24) is 0 Å². The molecule has 3 rings (SSSR count).